The third kappa shape index (κ3) is 7.29. The molecule has 0 aromatic carbocycles. The number of rotatable bonds is 9. The highest BCUT2D eigenvalue weighted by Crippen LogP contribution is 2.26. The van der Waals surface area contributed by atoms with Crippen LogP contribution in [0.3, 0.4) is 0 Å². The fraction of sp³-hybridized carbons (Fsp3) is 0.750. The quantitative estimate of drug-likeness (QED) is 0.397. The van der Waals surface area contributed by atoms with Gasteiger partial charge in [-0.15, -0.1) is 0 Å². The van der Waals surface area contributed by atoms with Crippen LogP contribution in [0, 0.1) is 0 Å². The molecule has 114 valence electrons. The molecule has 0 saturated carbocycles. The molecule has 0 fully saturated rings. The van der Waals surface area contributed by atoms with Crippen molar-refractivity contribution in [3.05, 3.63) is 12.7 Å². The number of esters is 1. The molecule has 0 aliphatic rings. The smallest absolute Gasteiger partial charge is 0.330 e. The first-order chi connectivity index (χ1) is 8.34. The molecule has 0 atom stereocenters. The summed E-state index contributed by atoms with van der Waals surface area (Å²) in [4.78, 5) is 11.3. The number of hydrogen-bond donors (Lipinski definition) is 1. The Morgan fingerprint density at radius 3 is 2.16 bits per heavy atom. The Hall–Kier alpha value is -0.920. The standard InChI is InChI=1S/C12H22O5S.H3N/c1-5-11(13)17-12(6-2,7-3)9-10-18(14,15)16-8-4;/h5H,1,6-10H2,2-4H3;1H3. The fourth-order valence-electron chi connectivity index (χ4n) is 1.60. The van der Waals surface area contributed by atoms with Gasteiger partial charge in [0, 0.05) is 12.5 Å². The van der Waals surface area contributed by atoms with Crippen molar-refractivity contribution >= 4 is 16.1 Å². The van der Waals surface area contributed by atoms with E-state index in [1.54, 1.807) is 6.92 Å². The Labute approximate surface area is 115 Å². The van der Waals surface area contributed by atoms with E-state index in [1.807, 2.05) is 13.8 Å². The van der Waals surface area contributed by atoms with Crippen molar-refractivity contribution in [2.24, 2.45) is 0 Å². The van der Waals surface area contributed by atoms with Crippen LogP contribution in [0.4, 0.5) is 0 Å². The van der Waals surface area contributed by atoms with Gasteiger partial charge in [0.2, 0.25) is 0 Å². The van der Waals surface area contributed by atoms with Crippen molar-refractivity contribution in [2.45, 2.75) is 45.6 Å². The molecule has 6 nitrogen and oxygen atoms in total. The van der Waals surface area contributed by atoms with E-state index >= 15 is 0 Å². The Bertz CT molecular complexity index is 374. The summed E-state index contributed by atoms with van der Waals surface area (Å²) < 4.78 is 32.9. The summed E-state index contributed by atoms with van der Waals surface area (Å²) in [6.45, 7) is 8.77. The zero-order valence-electron chi connectivity index (χ0n) is 12.0. The largest absolute Gasteiger partial charge is 0.456 e. The summed E-state index contributed by atoms with van der Waals surface area (Å²) in [5.41, 5.74) is -0.768. The third-order valence-electron chi connectivity index (χ3n) is 2.88. The van der Waals surface area contributed by atoms with Gasteiger partial charge < -0.3 is 10.9 Å². The summed E-state index contributed by atoms with van der Waals surface area (Å²) in [5, 5.41) is 0. The van der Waals surface area contributed by atoms with E-state index in [2.05, 4.69) is 10.8 Å². The van der Waals surface area contributed by atoms with Crippen LogP contribution in [0.25, 0.3) is 0 Å². The lowest BCUT2D eigenvalue weighted by Gasteiger charge is -2.30. The van der Waals surface area contributed by atoms with E-state index in [-0.39, 0.29) is 24.9 Å². The molecule has 0 saturated heterocycles. The molecule has 0 rings (SSSR count). The number of carbonyl (C=O) groups excluding carboxylic acids is 1. The van der Waals surface area contributed by atoms with Crippen molar-refractivity contribution < 1.29 is 22.1 Å². The Morgan fingerprint density at radius 2 is 1.79 bits per heavy atom. The van der Waals surface area contributed by atoms with Gasteiger partial charge in [-0.25, -0.2) is 4.79 Å². The molecular formula is C12H25NO5S. The van der Waals surface area contributed by atoms with Crippen LogP contribution in [0.2, 0.25) is 0 Å². The third-order valence-corrected chi connectivity index (χ3v) is 4.18. The van der Waals surface area contributed by atoms with Crippen LogP contribution >= 0.6 is 0 Å². The van der Waals surface area contributed by atoms with Gasteiger partial charge in [0.05, 0.1) is 12.4 Å². The maximum absolute atomic E-state index is 11.5. The normalized spacial score (nSPS) is 11.5. The average Bonchev–Trinajstić information content (AvgIpc) is 2.34. The Morgan fingerprint density at radius 1 is 1.26 bits per heavy atom. The van der Waals surface area contributed by atoms with E-state index in [1.165, 1.54) is 0 Å². The maximum atomic E-state index is 11.5. The van der Waals surface area contributed by atoms with Crippen LogP contribution in [0.5, 0.6) is 0 Å². The highest BCUT2D eigenvalue weighted by molar-refractivity contribution is 7.86. The lowest BCUT2D eigenvalue weighted by molar-refractivity contribution is -0.154. The predicted octanol–water partition coefficient (Wildman–Crippen LogP) is 2.19. The molecular weight excluding hydrogens is 270 g/mol. The molecule has 7 heteroatoms. The minimum absolute atomic E-state index is 0. The van der Waals surface area contributed by atoms with E-state index in [0.717, 1.165) is 6.08 Å². The second-order valence-corrected chi connectivity index (χ2v) is 5.69. The topological polar surface area (TPSA) is 105 Å². The van der Waals surface area contributed by atoms with Crippen molar-refractivity contribution in [1.29, 1.82) is 0 Å². The zero-order valence-corrected chi connectivity index (χ0v) is 12.8. The summed E-state index contributed by atoms with van der Waals surface area (Å²) in [6.07, 6.45) is 2.40. The highest BCUT2D eigenvalue weighted by atomic mass is 32.2. The lowest BCUT2D eigenvalue weighted by atomic mass is 9.94. The molecule has 3 N–H and O–H groups in total. The van der Waals surface area contributed by atoms with Crippen molar-refractivity contribution in [2.75, 3.05) is 12.4 Å². The molecule has 0 aromatic rings. The van der Waals surface area contributed by atoms with Gasteiger partial charge in [-0.1, -0.05) is 20.4 Å². The second-order valence-electron chi connectivity index (χ2n) is 3.93. The molecule has 0 amide bonds. The maximum Gasteiger partial charge on any atom is 0.330 e. The summed E-state index contributed by atoms with van der Waals surface area (Å²) in [5.74, 6) is -0.694. The van der Waals surface area contributed by atoms with E-state index in [0.29, 0.717) is 12.8 Å². The van der Waals surface area contributed by atoms with Crippen molar-refractivity contribution in [3.63, 3.8) is 0 Å². The number of hydrogen-bond acceptors (Lipinski definition) is 6. The van der Waals surface area contributed by atoms with Gasteiger partial charge in [-0.05, 0) is 19.8 Å². The van der Waals surface area contributed by atoms with Crippen LogP contribution < -0.4 is 6.15 Å². The SMILES string of the molecule is C=CC(=O)OC(CC)(CC)CCS(=O)(=O)OCC.N. The van der Waals surface area contributed by atoms with Crippen LogP contribution in [0.15, 0.2) is 12.7 Å². The lowest BCUT2D eigenvalue weighted by Crippen LogP contribution is -2.35. The molecule has 19 heavy (non-hydrogen) atoms. The molecule has 0 bridgehead atoms. The minimum Gasteiger partial charge on any atom is -0.456 e. The fourth-order valence-corrected chi connectivity index (χ4v) is 2.70. The summed E-state index contributed by atoms with van der Waals surface area (Å²) in [6, 6.07) is 0. The molecule has 0 aliphatic carbocycles. The highest BCUT2D eigenvalue weighted by Gasteiger charge is 2.31. The number of carbonyl (C=O) groups is 1. The van der Waals surface area contributed by atoms with Crippen molar-refractivity contribution in [3.8, 4) is 0 Å². The van der Waals surface area contributed by atoms with Crippen LogP contribution in [-0.4, -0.2) is 32.3 Å². The van der Waals surface area contributed by atoms with Gasteiger partial charge in [0.25, 0.3) is 10.1 Å². The number of ether oxygens (including phenoxy) is 1. The van der Waals surface area contributed by atoms with Crippen LogP contribution in [-0.2, 0) is 23.8 Å². The average molecular weight is 295 g/mol. The molecule has 0 unspecified atom stereocenters. The Kier molecular flexibility index (Phi) is 9.73. The summed E-state index contributed by atoms with van der Waals surface area (Å²) in [7, 11) is -3.54. The molecule has 0 aliphatic heterocycles. The first kappa shape index (κ1) is 20.4. The first-order valence-corrected chi connectivity index (χ1v) is 7.65. The molecule has 0 spiro atoms. The minimum atomic E-state index is -3.54. The van der Waals surface area contributed by atoms with E-state index < -0.39 is 21.7 Å². The van der Waals surface area contributed by atoms with E-state index in [9.17, 15) is 13.2 Å². The van der Waals surface area contributed by atoms with Gasteiger partial charge in [-0.2, -0.15) is 8.42 Å². The van der Waals surface area contributed by atoms with Gasteiger partial charge in [0.1, 0.15) is 5.60 Å². The Balaban J connectivity index is 0. The van der Waals surface area contributed by atoms with Crippen LogP contribution in [0.1, 0.15) is 40.0 Å². The van der Waals surface area contributed by atoms with E-state index in [4.69, 9.17) is 4.74 Å². The summed E-state index contributed by atoms with van der Waals surface area (Å²) >= 11 is 0. The molecule has 0 aromatic heterocycles. The molecule has 0 radical (unpaired) electrons. The van der Waals surface area contributed by atoms with Gasteiger partial charge >= 0.3 is 5.97 Å². The zero-order chi connectivity index (χ0) is 14.2. The van der Waals surface area contributed by atoms with Gasteiger partial charge in [-0.3, -0.25) is 4.18 Å². The predicted molar refractivity (Wildman–Crippen MR) is 74.7 cm³/mol. The van der Waals surface area contributed by atoms with Crippen molar-refractivity contribution in [1.82, 2.24) is 6.15 Å². The second kappa shape index (κ2) is 9.06. The molecule has 0 heterocycles. The van der Waals surface area contributed by atoms with Gasteiger partial charge in [0.15, 0.2) is 0 Å². The monoisotopic (exact) mass is 295 g/mol. The first-order valence-electron chi connectivity index (χ1n) is 6.07.